The van der Waals surface area contributed by atoms with E-state index in [0.717, 1.165) is 3.57 Å². The van der Waals surface area contributed by atoms with E-state index < -0.39 is 0 Å². The Bertz CT molecular complexity index is 611. The lowest BCUT2D eigenvalue weighted by Gasteiger charge is -2.11. The molecule has 0 bridgehead atoms. The number of amides is 1. The summed E-state index contributed by atoms with van der Waals surface area (Å²) in [5.74, 6) is 1.06. The van der Waals surface area contributed by atoms with E-state index in [4.69, 9.17) is 9.47 Å². The topological polar surface area (TPSA) is 47.6 Å². The van der Waals surface area contributed by atoms with Crippen molar-refractivity contribution in [2.45, 2.75) is 0 Å². The maximum atomic E-state index is 12.1. The Morgan fingerprint density at radius 1 is 1.05 bits per heavy atom. The minimum absolute atomic E-state index is 0.176. The van der Waals surface area contributed by atoms with Crippen LogP contribution in [0.4, 0.5) is 5.69 Å². The fourth-order valence-electron chi connectivity index (χ4n) is 1.70. The fourth-order valence-corrected chi connectivity index (χ4v) is 2.06. The number of halogens is 1. The van der Waals surface area contributed by atoms with Crippen molar-refractivity contribution in [2.75, 3.05) is 19.5 Å². The number of hydrogen-bond donors (Lipinski definition) is 1. The van der Waals surface area contributed by atoms with Gasteiger partial charge in [0, 0.05) is 15.2 Å². The largest absolute Gasteiger partial charge is 0.497 e. The minimum Gasteiger partial charge on any atom is -0.497 e. The zero-order valence-electron chi connectivity index (χ0n) is 11.1. The summed E-state index contributed by atoms with van der Waals surface area (Å²) in [6.07, 6.45) is 0. The zero-order valence-corrected chi connectivity index (χ0v) is 13.3. The third-order valence-corrected chi connectivity index (χ3v) is 3.48. The molecule has 0 saturated carbocycles. The third-order valence-electron chi connectivity index (χ3n) is 2.76. The molecule has 0 aliphatic heterocycles. The molecule has 2 aromatic rings. The van der Waals surface area contributed by atoms with Crippen LogP contribution in [0.25, 0.3) is 0 Å². The highest BCUT2D eigenvalue weighted by Crippen LogP contribution is 2.29. The van der Waals surface area contributed by atoms with Crippen molar-refractivity contribution in [1.82, 2.24) is 0 Å². The van der Waals surface area contributed by atoms with Crippen LogP contribution in [-0.4, -0.2) is 20.1 Å². The van der Waals surface area contributed by atoms with E-state index in [9.17, 15) is 4.79 Å². The van der Waals surface area contributed by atoms with Gasteiger partial charge in [0.2, 0.25) is 0 Å². The van der Waals surface area contributed by atoms with Crippen molar-refractivity contribution in [2.24, 2.45) is 0 Å². The van der Waals surface area contributed by atoms with Gasteiger partial charge in [0.15, 0.2) is 0 Å². The van der Waals surface area contributed by atoms with Gasteiger partial charge in [-0.1, -0.05) is 0 Å². The Labute approximate surface area is 131 Å². The van der Waals surface area contributed by atoms with Crippen molar-refractivity contribution in [1.29, 1.82) is 0 Å². The van der Waals surface area contributed by atoms with Crippen LogP contribution in [-0.2, 0) is 0 Å². The molecule has 0 unspecified atom stereocenters. The molecule has 2 aromatic carbocycles. The quantitative estimate of drug-likeness (QED) is 0.822. The van der Waals surface area contributed by atoms with E-state index in [-0.39, 0.29) is 5.91 Å². The average molecular weight is 383 g/mol. The molecule has 0 aromatic heterocycles. The molecule has 4 nitrogen and oxygen atoms in total. The summed E-state index contributed by atoms with van der Waals surface area (Å²) < 4.78 is 11.5. The maximum Gasteiger partial charge on any atom is 0.255 e. The van der Waals surface area contributed by atoms with E-state index in [0.29, 0.717) is 22.7 Å². The van der Waals surface area contributed by atoms with Crippen LogP contribution >= 0.6 is 22.6 Å². The SMILES string of the molecule is COc1ccc(NC(=O)c2ccc(I)cc2)c(OC)c1. The Hall–Kier alpha value is -1.76. The lowest BCUT2D eigenvalue weighted by Crippen LogP contribution is -2.12. The molecule has 20 heavy (non-hydrogen) atoms. The number of anilines is 1. The Kier molecular flexibility index (Phi) is 4.84. The summed E-state index contributed by atoms with van der Waals surface area (Å²) in [4.78, 5) is 12.1. The normalized spacial score (nSPS) is 9.95. The minimum atomic E-state index is -0.176. The number of ether oxygens (including phenoxy) is 2. The Balaban J connectivity index is 2.21. The zero-order chi connectivity index (χ0) is 14.5. The predicted molar refractivity (Wildman–Crippen MR) is 86.7 cm³/mol. The van der Waals surface area contributed by atoms with Gasteiger partial charge in [-0.25, -0.2) is 0 Å². The second-order valence-corrected chi connectivity index (χ2v) is 5.27. The first-order valence-corrected chi connectivity index (χ1v) is 7.01. The molecule has 0 aliphatic rings. The highest BCUT2D eigenvalue weighted by atomic mass is 127. The maximum absolute atomic E-state index is 12.1. The van der Waals surface area contributed by atoms with Gasteiger partial charge < -0.3 is 14.8 Å². The van der Waals surface area contributed by atoms with Crippen molar-refractivity contribution >= 4 is 34.2 Å². The smallest absolute Gasteiger partial charge is 0.255 e. The van der Waals surface area contributed by atoms with Crippen LogP contribution in [0.1, 0.15) is 10.4 Å². The molecule has 104 valence electrons. The molecule has 5 heteroatoms. The van der Waals surface area contributed by atoms with Crippen LogP contribution in [0.5, 0.6) is 11.5 Å². The summed E-state index contributed by atoms with van der Waals surface area (Å²) in [6, 6.07) is 12.6. The van der Waals surface area contributed by atoms with Crippen LogP contribution in [0.2, 0.25) is 0 Å². The summed E-state index contributed by atoms with van der Waals surface area (Å²) in [5, 5.41) is 2.83. The number of nitrogens with one attached hydrogen (secondary N) is 1. The van der Waals surface area contributed by atoms with Gasteiger partial charge >= 0.3 is 0 Å². The summed E-state index contributed by atoms with van der Waals surface area (Å²) >= 11 is 2.20. The molecule has 1 amide bonds. The number of methoxy groups -OCH3 is 2. The van der Waals surface area contributed by atoms with Crippen molar-refractivity contribution in [3.63, 3.8) is 0 Å². The van der Waals surface area contributed by atoms with Gasteiger partial charge in [-0.2, -0.15) is 0 Å². The Morgan fingerprint density at radius 2 is 1.75 bits per heavy atom. The first-order valence-electron chi connectivity index (χ1n) is 5.93. The van der Waals surface area contributed by atoms with Gasteiger partial charge in [0.25, 0.3) is 5.91 Å². The molecule has 0 aliphatic carbocycles. The highest BCUT2D eigenvalue weighted by Gasteiger charge is 2.10. The second-order valence-electron chi connectivity index (χ2n) is 4.03. The number of hydrogen-bond acceptors (Lipinski definition) is 3. The molecule has 0 spiro atoms. The van der Waals surface area contributed by atoms with Crippen LogP contribution < -0.4 is 14.8 Å². The van der Waals surface area contributed by atoms with Crippen LogP contribution in [0.15, 0.2) is 42.5 Å². The molecule has 1 N–H and O–H groups in total. The lowest BCUT2D eigenvalue weighted by molar-refractivity contribution is 0.102. The summed E-state index contributed by atoms with van der Waals surface area (Å²) in [7, 11) is 3.13. The number of benzene rings is 2. The van der Waals surface area contributed by atoms with Crippen molar-refractivity contribution in [3.8, 4) is 11.5 Å². The molecule has 0 heterocycles. The first kappa shape index (κ1) is 14.6. The third kappa shape index (κ3) is 3.41. The van der Waals surface area contributed by atoms with E-state index in [1.54, 1.807) is 44.6 Å². The summed E-state index contributed by atoms with van der Waals surface area (Å²) in [5.41, 5.74) is 1.21. The Morgan fingerprint density at radius 3 is 2.35 bits per heavy atom. The van der Waals surface area contributed by atoms with Crippen molar-refractivity contribution in [3.05, 3.63) is 51.6 Å². The monoisotopic (exact) mass is 383 g/mol. The number of carbonyl (C=O) groups excluding carboxylic acids is 1. The lowest BCUT2D eigenvalue weighted by atomic mass is 10.2. The van der Waals surface area contributed by atoms with E-state index >= 15 is 0 Å². The fraction of sp³-hybridized carbons (Fsp3) is 0.133. The standard InChI is InChI=1S/C15H14INO3/c1-19-12-7-8-13(14(9-12)20-2)17-15(18)10-3-5-11(16)6-4-10/h3-9H,1-2H3,(H,17,18). The van der Waals surface area contributed by atoms with Gasteiger partial charge in [0.1, 0.15) is 11.5 Å². The van der Waals surface area contributed by atoms with E-state index in [1.807, 2.05) is 12.1 Å². The van der Waals surface area contributed by atoms with Gasteiger partial charge in [-0.3, -0.25) is 4.79 Å². The van der Waals surface area contributed by atoms with E-state index in [2.05, 4.69) is 27.9 Å². The average Bonchev–Trinajstić information content (AvgIpc) is 2.48. The van der Waals surface area contributed by atoms with E-state index in [1.165, 1.54) is 0 Å². The molecule has 0 fully saturated rings. The molecule has 0 atom stereocenters. The molecule has 2 rings (SSSR count). The van der Waals surface area contributed by atoms with Crippen LogP contribution in [0.3, 0.4) is 0 Å². The molecule has 0 saturated heterocycles. The first-order chi connectivity index (χ1) is 9.63. The van der Waals surface area contributed by atoms with Crippen LogP contribution in [0, 0.1) is 3.57 Å². The van der Waals surface area contributed by atoms with Crippen molar-refractivity contribution < 1.29 is 14.3 Å². The van der Waals surface area contributed by atoms with Gasteiger partial charge in [-0.05, 0) is 59.0 Å². The molecular weight excluding hydrogens is 369 g/mol. The second kappa shape index (κ2) is 6.60. The number of rotatable bonds is 4. The number of carbonyl (C=O) groups is 1. The predicted octanol–water partition coefficient (Wildman–Crippen LogP) is 3.56. The highest BCUT2D eigenvalue weighted by molar-refractivity contribution is 14.1. The molecular formula is C15H14INO3. The summed E-state index contributed by atoms with van der Waals surface area (Å²) in [6.45, 7) is 0. The van der Waals surface area contributed by atoms with Gasteiger partial charge in [0.05, 0.1) is 19.9 Å². The van der Waals surface area contributed by atoms with Gasteiger partial charge in [-0.15, -0.1) is 0 Å². The molecule has 0 radical (unpaired) electrons.